The number of hydrogen-bond donors (Lipinski definition) is 3. The van der Waals surface area contributed by atoms with Crippen LogP contribution in [-0.4, -0.2) is 52.9 Å². The molecule has 1 aromatic heterocycles. The minimum absolute atomic E-state index is 0.0800. The second kappa shape index (κ2) is 10.7. The summed E-state index contributed by atoms with van der Waals surface area (Å²) in [6.07, 6.45) is 7.23. The van der Waals surface area contributed by atoms with Gasteiger partial charge in [-0.15, -0.1) is 0 Å². The third-order valence-electron chi connectivity index (χ3n) is 8.26. The van der Waals surface area contributed by atoms with Gasteiger partial charge in [-0.3, -0.25) is 0 Å². The first-order valence-electron chi connectivity index (χ1n) is 14.3. The maximum Gasteiger partial charge on any atom is 0.148 e. The Morgan fingerprint density at radius 2 is 1.98 bits per heavy atom. The molecule has 2 aromatic rings. The molecular formula is C33H43N7. The summed E-state index contributed by atoms with van der Waals surface area (Å²) in [4.78, 5) is 6.79. The lowest BCUT2D eigenvalue weighted by atomic mass is 9.84. The van der Waals surface area contributed by atoms with E-state index < -0.39 is 0 Å². The molecule has 2 aliphatic heterocycles. The number of nitrogens with one attached hydrogen (secondary N) is 2. The standard InChI is InChI=1S/C33H43N7/c1-22-13-16-33(6,37-23(2)24-9-8-10-26(19-24)32(3,4)5)20-25(22)11-12-28-29-30(34)35-21-36-31(29)40(38-28)27-14-17-39(7)18-15-27/h8-10,13,16,19,27,36-37H,2,14-15,17-18,20-21H2,1,3-7H3,(H2,34,35). The van der Waals surface area contributed by atoms with Crippen LogP contribution in [0.4, 0.5) is 5.82 Å². The lowest BCUT2D eigenvalue weighted by Crippen LogP contribution is -2.40. The molecule has 0 saturated carbocycles. The Bertz CT molecular complexity index is 1460. The van der Waals surface area contributed by atoms with Crippen molar-refractivity contribution in [3.63, 3.8) is 0 Å². The van der Waals surface area contributed by atoms with Gasteiger partial charge < -0.3 is 21.3 Å². The quantitative estimate of drug-likeness (QED) is 0.468. The highest BCUT2D eigenvalue weighted by Crippen LogP contribution is 2.32. The van der Waals surface area contributed by atoms with E-state index in [0.717, 1.165) is 66.1 Å². The number of amidine groups is 1. The lowest BCUT2D eigenvalue weighted by molar-refractivity contribution is 0.213. The number of hydrogen-bond acceptors (Lipinski definition) is 6. The molecule has 3 aliphatic rings. The highest BCUT2D eigenvalue weighted by Gasteiger charge is 2.29. The van der Waals surface area contributed by atoms with Gasteiger partial charge in [0.25, 0.3) is 0 Å². The van der Waals surface area contributed by atoms with Gasteiger partial charge in [-0.1, -0.05) is 63.6 Å². The van der Waals surface area contributed by atoms with E-state index in [1.807, 2.05) is 0 Å². The second-order valence-electron chi connectivity index (χ2n) is 12.7. The number of likely N-dealkylation sites (tertiary alicyclic amines) is 1. The van der Waals surface area contributed by atoms with Crippen LogP contribution < -0.4 is 16.4 Å². The minimum atomic E-state index is -0.312. The number of anilines is 1. The van der Waals surface area contributed by atoms with E-state index in [1.54, 1.807) is 0 Å². The molecule has 1 aliphatic carbocycles. The Labute approximate surface area is 239 Å². The van der Waals surface area contributed by atoms with Gasteiger partial charge in [0.05, 0.1) is 17.1 Å². The number of nitrogens with two attached hydrogens (primary N) is 1. The molecule has 0 amide bonds. The Morgan fingerprint density at radius 3 is 2.70 bits per heavy atom. The fourth-order valence-electron chi connectivity index (χ4n) is 5.64. The molecule has 0 spiro atoms. The van der Waals surface area contributed by atoms with Gasteiger partial charge >= 0.3 is 0 Å². The minimum Gasteiger partial charge on any atom is -0.383 e. The SMILES string of the molecule is C=C(NC1(C)C=CC(C)=C(C#Cc2nn(C3CCN(C)CC3)c3c2C(N)=NCN3)C1)c1cccc(C(C)(C)C)c1. The number of fused-ring (bicyclic) bond motifs is 1. The average Bonchev–Trinajstić information content (AvgIpc) is 3.29. The molecule has 40 heavy (non-hydrogen) atoms. The molecular weight excluding hydrogens is 494 g/mol. The molecule has 5 rings (SSSR count). The molecule has 7 heteroatoms. The summed E-state index contributed by atoms with van der Waals surface area (Å²) in [5.74, 6) is 8.30. The maximum absolute atomic E-state index is 6.38. The van der Waals surface area contributed by atoms with Crippen molar-refractivity contribution in [2.24, 2.45) is 10.7 Å². The Morgan fingerprint density at radius 1 is 1.23 bits per heavy atom. The molecule has 0 bridgehead atoms. The Balaban J connectivity index is 1.38. The highest BCUT2D eigenvalue weighted by molar-refractivity contribution is 6.05. The van der Waals surface area contributed by atoms with Gasteiger partial charge in [-0.05, 0) is 80.9 Å². The molecule has 210 valence electrons. The van der Waals surface area contributed by atoms with E-state index in [2.05, 4.69) is 122 Å². The number of aliphatic imine (C=N–C) groups is 1. The number of allylic oxidation sites excluding steroid dienone is 2. The zero-order valence-electron chi connectivity index (χ0n) is 24.9. The fraction of sp³-hybridized carbons (Fsp3) is 0.455. The molecule has 1 unspecified atom stereocenters. The molecule has 1 fully saturated rings. The zero-order chi connectivity index (χ0) is 28.7. The first-order chi connectivity index (χ1) is 18.9. The summed E-state index contributed by atoms with van der Waals surface area (Å²) in [7, 11) is 2.17. The van der Waals surface area contributed by atoms with Crippen molar-refractivity contribution in [3.8, 4) is 11.8 Å². The Kier molecular flexibility index (Phi) is 7.41. The van der Waals surface area contributed by atoms with E-state index in [-0.39, 0.29) is 11.0 Å². The normalized spacial score (nSPS) is 21.7. The van der Waals surface area contributed by atoms with Crippen molar-refractivity contribution in [1.82, 2.24) is 20.0 Å². The van der Waals surface area contributed by atoms with Gasteiger partial charge in [0.1, 0.15) is 24.0 Å². The van der Waals surface area contributed by atoms with Gasteiger partial charge in [-0.2, -0.15) is 5.10 Å². The first kappa shape index (κ1) is 27.8. The van der Waals surface area contributed by atoms with Crippen molar-refractivity contribution >= 4 is 17.4 Å². The monoisotopic (exact) mass is 537 g/mol. The number of nitrogens with zero attached hydrogens (tertiary/aromatic N) is 4. The van der Waals surface area contributed by atoms with E-state index in [9.17, 15) is 0 Å². The van der Waals surface area contributed by atoms with Crippen LogP contribution in [0, 0.1) is 11.8 Å². The summed E-state index contributed by atoms with van der Waals surface area (Å²) in [6.45, 7) is 18.0. The lowest BCUT2D eigenvalue weighted by Gasteiger charge is -2.33. The fourth-order valence-corrected chi connectivity index (χ4v) is 5.64. The van der Waals surface area contributed by atoms with Crippen molar-refractivity contribution in [3.05, 3.63) is 76.5 Å². The van der Waals surface area contributed by atoms with E-state index in [4.69, 9.17) is 10.8 Å². The molecule has 1 aromatic carbocycles. The van der Waals surface area contributed by atoms with E-state index >= 15 is 0 Å². The molecule has 3 heterocycles. The summed E-state index contributed by atoms with van der Waals surface area (Å²) in [5, 5.41) is 12.1. The Hall–Kier alpha value is -3.76. The number of rotatable bonds is 4. The van der Waals surface area contributed by atoms with Crippen LogP contribution in [0.15, 0.2) is 59.1 Å². The van der Waals surface area contributed by atoms with Gasteiger partial charge in [0, 0.05) is 17.7 Å². The predicted molar refractivity (Wildman–Crippen MR) is 166 cm³/mol. The topological polar surface area (TPSA) is 83.5 Å². The molecule has 7 nitrogen and oxygen atoms in total. The van der Waals surface area contributed by atoms with Crippen LogP contribution in [0.3, 0.4) is 0 Å². The summed E-state index contributed by atoms with van der Waals surface area (Å²) >= 11 is 0. The van der Waals surface area contributed by atoms with Crippen LogP contribution in [0.2, 0.25) is 0 Å². The summed E-state index contributed by atoms with van der Waals surface area (Å²) < 4.78 is 2.11. The summed E-state index contributed by atoms with van der Waals surface area (Å²) in [6, 6.07) is 8.97. The van der Waals surface area contributed by atoms with E-state index in [1.165, 1.54) is 5.56 Å². The van der Waals surface area contributed by atoms with Crippen LogP contribution >= 0.6 is 0 Å². The molecule has 0 radical (unpaired) electrons. The third-order valence-corrected chi connectivity index (χ3v) is 8.26. The van der Waals surface area contributed by atoms with Crippen molar-refractivity contribution in [1.29, 1.82) is 0 Å². The third kappa shape index (κ3) is 5.73. The highest BCUT2D eigenvalue weighted by atomic mass is 15.4. The molecule has 1 atom stereocenters. The molecule has 4 N–H and O–H groups in total. The molecule has 1 saturated heterocycles. The van der Waals surface area contributed by atoms with Gasteiger partial charge in [0.15, 0.2) is 0 Å². The number of benzene rings is 1. The van der Waals surface area contributed by atoms with Crippen molar-refractivity contribution in [2.75, 3.05) is 32.1 Å². The maximum atomic E-state index is 6.38. The van der Waals surface area contributed by atoms with Crippen LogP contribution in [0.25, 0.3) is 5.70 Å². The largest absolute Gasteiger partial charge is 0.383 e. The van der Waals surface area contributed by atoms with E-state index in [0.29, 0.717) is 24.2 Å². The zero-order valence-corrected chi connectivity index (χ0v) is 24.9. The predicted octanol–water partition coefficient (Wildman–Crippen LogP) is 5.18. The van der Waals surface area contributed by atoms with Gasteiger partial charge in [-0.25, -0.2) is 9.67 Å². The first-order valence-corrected chi connectivity index (χ1v) is 14.3. The van der Waals surface area contributed by atoms with Crippen molar-refractivity contribution < 1.29 is 0 Å². The van der Waals surface area contributed by atoms with Crippen LogP contribution in [0.5, 0.6) is 0 Å². The smallest absolute Gasteiger partial charge is 0.148 e. The second-order valence-corrected chi connectivity index (χ2v) is 12.7. The van der Waals surface area contributed by atoms with Crippen molar-refractivity contribution in [2.45, 2.75) is 70.9 Å². The number of piperidine rings is 1. The number of aromatic nitrogens is 2. The summed E-state index contributed by atoms with van der Waals surface area (Å²) in [5.41, 5.74) is 13.2. The van der Waals surface area contributed by atoms with Crippen LogP contribution in [-0.2, 0) is 5.41 Å². The van der Waals surface area contributed by atoms with Gasteiger partial charge in [0.2, 0.25) is 0 Å². The van der Waals surface area contributed by atoms with Crippen LogP contribution in [0.1, 0.15) is 82.3 Å². The average molecular weight is 538 g/mol.